The van der Waals surface area contributed by atoms with Crippen molar-refractivity contribution in [2.45, 2.75) is 20.3 Å². The van der Waals surface area contributed by atoms with Crippen LogP contribution in [0.4, 0.5) is 0 Å². The van der Waals surface area contributed by atoms with Gasteiger partial charge in [-0.2, -0.15) is 0 Å². The van der Waals surface area contributed by atoms with Crippen LogP contribution in [-0.2, 0) is 0 Å². The van der Waals surface area contributed by atoms with Crippen molar-refractivity contribution >= 4 is 15.9 Å². The average molecular weight is 203 g/mol. The Balaban J connectivity index is 2.29. The summed E-state index contributed by atoms with van der Waals surface area (Å²) in [5, 5.41) is 0. The first-order valence-corrected chi connectivity index (χ1v) is 5.94. The second kappa shape index (κ2) is 3.96. The minimum atomic E-state index is 0.733. The molecule has 1 aliphatic heterocycles. The van der Waals surface area contributed by atoms with Crippen molar-refractivity contribution in [3.8, 4) is 0 Å². The number of hydrogen-bond acceptors (Lipinski definition) is 1. The summed E-state index contributed by atoms with van der Waals surface area (Å²) in [5.74, 6) is 0. The van der Waals surface area contributed by atoms with Gasteiger partial charge in [-0.3, -0.25) is 0 Å². The predicted molar refractivity (Wildman–Crippen MR) is 58.4 cm³/mol. The van der Waals surface area contributed by atoms with E-state index in [-0.39, 0.29) is 0 Å². The molecule has 72 valence electrons. The van der Waals surface area contributed by atoms with Crippen LogP contribution in [0.15, 0.2) is 30.1 Å². The van der Waals surface area contributed by atoms with Crippen molar-refractivity contribution in [2.24, 2.45) is 0 Å². The summed E-state index contributed by atoms with van der Waals surface area (Å²) >= 11 is 0. The molecule has 1 aromatic rings. The van der Waals surface area contributed by atoms with Crippen LogP contribution in [0.5, 0.6) is 0 Å². The molecule has 3 heteroatoms. The van der Waals surface area contributed by atoms with E-state index in [4.69, 9.17) is 0 Å². The van der Waals surface area contributed by atoms with E-state index in [9.17, 15) is 0 Å². The fraction of sp³-hybridized carbons (Fsp3) is 0.364. The number of fused-ring (bicyclic) bond motifs is 1. The zero-order valence-electron chi connectivity index (χ0n) is 8.70. The molecule has 0 atom stereocenters. The van der Waals surface area contributed by atoms with Gasteiger partial charge in [-0.25, -0.2) is 4.23 Å². The lowest BCUT2D eigenvalue weighted by atomic mass is 10.3. The van der Waals surface area contributed by atoms with Crippen LogP contribution in [0.3, 0.4) is 0 Å². The maximum Gasteiger partial charge on any atom is 0.650 e. The SMILES string of the molecule is CCCN1[Si][n+]2ccccc2C=C1C. The van der Waals surface area contributed by atoms with E-state index < -0.39 is 0 Å². The van der Waals surface area contributed by atoms with Gasteiger partial charge in [0.05, 0.1) is 0 Å². The highest BCUT2D eigenvalue weighted by molar-refractivity contribution is 6.22. The molecular formula is C11H15N2Si+. The van der Waals surface area contributed by atoms with E-state index in [1.54, 1.807) is 0 Å². The van der Waals surface area contributed by atoms with Crippen molar-refractivity contribution in [3.63, 3.8) is 0 Å². The summed E-state index contributed by atoms with van der Waals surface area (Å²) in [4.78, 5) is 0. The van der Waals surface area contributed by atoms with Crippen LogP contribution >= 0.6 is 0 Å². The Hall–Kier alpha value is -1.09. The fourth-order valence-corrected chi connectivity index (χ4v) is 2.83. The molecule has 0 fully saturated rings. The van der Waals surface area contributed by atoms with E-state index >= 15 is 0 Å². The van der Waals surface area contributed by atoms with Crippen LogP contribution in [0.25, 0.3) is 6.08 Å². The zero-order valence-corrected chi connectivity index (χ0v) is 9.70. The summed E-state index contributed by atoms with van der Waals surface area (Å²) in [5.41, 5.74) is 2.70. The van der Waals surface area contributed by atoms with Crippen LogP contribution < -0.4 is 4.23 Å². The Morgan fingerprint density at radius 1 is 1.43 bits per heavy atom. The van der Waals surface area contributed by atoms with Crippen molar-refractivity contribution in [1.29, 1.82) is 0 Å². The number of nitrogens with zero attached hydrogens (tertiary/aromatic N) is 2. The molecule has 14 heavy (non-hydrogen) atoms. The minimum Gasteiger partial charge on any atom is -0.341 e. The van der Waals surface area contributed by atoms with Crippen molar-refractivity contribution in [1.82, 2.24) is 4.57 Å². The van der Waals surface area contributed by atoms with Crippen LogP contribution in [-0.4, -0.2) is 21.0 Å². The molecule has 1 aromatic heterocycles. The third-order valence-electron chi connectivity index (χ3n) is 2.35. The van der Waals surface area contributed by atoms with Gasteiger partial charge in [-0.1, -0.05) is 6.92 Å². The molecule has 0 bridgehead atoms. The van der Waals surface area contributed by atoms with Crippen molar-refractivity contribution in [2.75, 3.05) is 6.54 Å². The fourth-order valence-electron chi connectivity index (χ4n) is 1.62. The van der Waals surface area contributed by atoms with E-state index in [0.717, 1.165) is 16.4 Å². The molecule has 0 aliphatic carbocycles. The predicted octanol–water partition coefficient (Wildman–Crippen LogP) is 1.44. The first kappa shape index (κ1) is 9.46. The molecule has 0 aromatic carbocycles. The van der Waals surface area contributed by atoms with Gasteiger partial charge >= 0.3 is 9.84 Å². The molecule has 0 saturated heterocycles. The Labute approximate surface area is 87.8 Å². The lowest BCUT2D eigenvalue weighted by Crippen LogP contribution is -2.54. The van der Waals surface area contributed by atoms with Crippen LogP contribution in [0.1, 0.15) is 26.0 Å². The third-order valence-corrected chi connectivity index (χ3v) is 3.79. The molecule has 0 spiro atoms. The maximum absolute atomic E-state index is 2.44. The molecule has 1 aliphatic rings. The Bertz CT molecular complexity index is 360. The van der Waals surface area contributed by atoms with Gasteiger partial charge in [0.15, 0.2) is 5.69 Å². The highest BCUT2D eigenvalue weighted by Gasteiger charge is 2.25. The Kier molecular flexibility index (Phi) is 2.68. The summed E-state index contributed by atoms with van der Waals surface area (Å²) in [6.45, 7) is 5.57. The molecule has 2 nitrogen and oxygen atoms in total. The monoisotopic (exact) mass is 203 g/mol. The Morgan fingerprint density at radius 3 is 3.07 bits per heavy atom. The van der Waals surface area contributed by atoms with Gasteiger partial charge in [-0.15, -0.1) is 0 Å². The molecule has 0 amide bonds. The quantitative estimate of drug-likeness (QED) is 0.660. The van der Waals surface area contributed by atoms with Gasteiger partial charge in [0.25, 0.3) is 0 Å². The molecule has 0 unspecified atom stereocenters. The maximum atomic E-state index is 2.44. The van der Waals surface area contributed by atoms with Crippen molar-refractivity contribution < 1.29 is 4.23 Å². The topological polar surface area (TPSA) is 7.12 Å². The smallest absolute Gasteiger partial charge is 0.341 e. The summed E-state index contributed by atoms with van der Waals surface area (Å²) in [6, 6.07) is 6.35. The molecule has 0 saturated carbocycles. The normalized spacial score (nSPS) is 15.0. The average Bonchev–Trinajstić information content (AvgIpc) is 2.19. The molecule has 2 rings (SSSR count). The largest absolute Gasteiger partial charge is 0.650 e. The first-order valence-electron chi connectivity index (χ1n) is 5.04. The number of aromatic nitrogens is 1. The molecule has 2 radical (unpaired) electrons. The highest BCUT2D eigenvalue weighted by atomic mass is 28.2. The second-order valence-corrected chi connectivity index (χ2v) is 4.75. The Morgan fingerprint density at radius 2 is 2.29 bits per heavy atom. The number of rotatable bonds is 2. The zero-order chi connectivity index (χ0) is 9.97. The highest BCUT2D eigenvalue weighted by Crippen LogP contribution is 2.10. The molecular weight excluding hydrogens is 188 g/mol. The number of allylic oxidation sites excluding steroid dienone is 1. The van der Waals surface area contributed by atoms with Gasteiger partial charge in [-0.05, 0) is 19.4 Å². The second-order valence-electron chi connectivity index (χ2n) is 3.53. The summed E-state index contributed by atoms with van der Waals surface area (Å²) < 4.78 is 4.75. The van der Waals surface area contributed by atoms with Gasteiger partial charge < -0.3 is 4.57 Å². The lowest BCUT2D eigenvalue weighted by molar-refractivity contribution is -0.539. The van der Waals surface area contributed by atoms with Crippen molar-refractivity contribution in [3.05, 3.63) is 35.8 Å². The van der Waals surface area contributed by atoms with Crippen LogP contribution in [0, 0.1) is 0 Å². The standard InChI is InChI=1S/C11H15N2Si/c1-3-7-12-10(2)9-11-6-4-5-8-13(11)14-12/h4-6,8-9H,3,7H2,1-2H3/q+1. The molecule has 0 N–H and O–H groups in total. The van der Waals surface area contributed by atoms with Gasteiger partial charge in [0.2, 0.25) is 0 Å². The number of hydrogen-bond donors (Lipinski definition) is 0. The van der Waals surface area contributed by atoms with E-state index in [1.165, 1.54) is 17.8 Å². The van der Waals surface area contributed by atoms with E-state index in [0.29, 0.717) is 0 Å². The first-order chi connectivity index (χ1) is 6.81. The lowest BCUT2D eigenvalue weighted by Gasteiger charge is -2.22. The minimum absolute atomic E-state index is 0.733. The third kappa shape index (κ3) is 1.73. The van der Waals surface area contributed by atoms with E-state index in [2.05, 4.69) is 53.1 Å². The van der Waals surface area contributed by atoms with Gasteiger partial charge in [0.1, 0.15) is 6.20 Å². The summed E-state index contributed by atoms with van der Waals surface area (Å²) in [7, 11) is 0.733. The van der Waals surface area contributed by atoms with Crippen LogP contribution in [0.2, 0.25) is 0 Å². The number of pyridine rings is 1. The molecule has 2 heterocycles. The summed E-state index contributed by atoms with van der Waals surface area (Å²) in [6.07, 6.45) is 5.62. The van der Waals surface area contributed by atoms with E-state index in [1.807, 2.05) is 0 Å². The van der Waals surface area contributed by atoms with Gasteiger partial charge in [0, 0.05) is 30.5 Å².